The van der Waals surface area contributed by atoms with Crippen LogP contribution in [-0.4, -0.2) is 15.9 Å². The largest absolute Gasteiger partial charge is 0.327 e. The molecule has 0 bridgehead atoms. The van der Waals surface area contributed by atoms with Crippen molar-refractivity contribution in [2.24, 2.45) is 5.84 Å². The van der Waals surface area contributed by atoms with Gasteiger partial charge in [-0.25, -0.2) is 10.6 Å². The van der Waals surface area contributed by atoms with Gasteiger partial charge in [-0.1, -0.05) is 0 Å². The van der Waals surface area contributed by atoms with Gasteiger partial charge >= 0.3 is 5.69 Å². The zero-order valence-electron chi connectivity index (χ0n) is 7.30. The Labute approximate surface area is 77.5 Å². The molecule has 0 aliphatic carbocycles. The van der Waals surface area contributed by atoms with Gasteiger partial charge in [0.15, 0.2) is 5.82 Å². The van der Waals surface area contributed by atoms with E-state index in [4.69, 9.17) is 5.84 Å². The summed E-state index contributed by atoms with van der Waals surface area (Å²) < 4.78 is 0. The van der Waals surface area contributed by atoms with Crippen molar-refractivity contribution in [3.8, 4) is 0 Å². The van der Waals surface area contributed by atoms with Crippen LogP contribution in [0.3, 0.4) is 0 Å². The minimum absolute atomic E-state index is 0.0473. The molecular formula is C6H9N5O3. The lowest BCUT2D eigenvalue weighted by atomic mass is 10.4. The van der Waals surface area contributed by atoms with Crippen molar-refractivity contribution in [2.75, 3.05) is 10.7 Å². The lowest BCUT2D eigenvalue weighted by Gasteiger charge is -2.06. The molecule has 1 aromatic heterocycles. The van der Waals surface area contributed by atoms with Gasteiger partial charge in [0.05, 0.1) is 0 Å². The Morgan fingerprint density at radius 3 is 2.50 bits per heavy atom. The number of hydrogen-bond donors (Lipinski definition) is 5. The molecule has 14 heavy (non-hydrogen) atoms. The first-order valence-electron chi connectivity index (χ1n) is 3.65. The fourth-order valence-corrected chi connectivity index (χ4v) is 0.890. The molecule has 0 saturated carbocycles. The minimum Gasteiger partial charge on any atom is -0.319 e. The van der Waals surface area contributed by atoms with Crippen LogP contribution in [-0.2, 0) is 4.79 Å². The zero-order valence-corrected chi connectivity index (χ0v) is 7.30. The standard InChI is InChI=1S/C6H9N5O3/c1-2(12)8-3-4(11-7)9-6(14)10-5(3)13/h7H2,1H3,(H,8,12)(H3,9,10,11,13,14). The molecule has 0 saturated heterocycles. The highest BCUT2D eigenvalue weighted by molar-refractivity contribution is 5.91. The monoisotopic (exact) mass is 199 g/mol. The molecule has 6 N–H and O–H groups in total. The number of nitrogens with one attached hydrogen (secondary N) is 4. The first-order chi connectivity index (χ1) is 6.54. The Kier molecular flexibility index (Phi) is 2.67. The van der Waals surface area contributed by atoms with Crippen molar-refractivity contribution in [1.29, 1.82) is 0 Å². The number of aromatic nitrogens is 2. The van der Waals surface area contributed by atoms with E-state index >= 15 is 0 Å². The predicted molar refractivity (Wildman–Crippen MR) is 49.8 cm³/mol. The van der Waals surface area contributed by atoms with Crippen LogP contribution in [0.1, 0.15) is 6.92 Å². The number of carbonyl (C=O) groups is 1. The number of hydrogen-bond acceptors (Lipinski definition) is 5. The summed E-state index contributed by atoms with van der Waals surface area (Å²) in [6.07, 6.45) is 0. The average molecular weight is 199 g/mol. The molecule has 0 spiro atoms. The first-order valence-corrected chi connectivity index (χ1v) is 3.65. The Balaban J connectivity index is 3.32. The third-order valence-corrected chi connectivity index (χ3v) is 1.39. The van der Waals surface area contributed by atoms with E-state index in [0.29, 0.717) is 0 Å². The molecule has 0 aliphatic rings. The fourth-order valence-electron chi connectivity index (χ4n) is 0.890. The fraction of sp³-hybridized carbons (Fsp3) is 0.167. The van der Waals surface area contributed by atoms with Crippen LogP contribution in [0.15, 0.2) is 9.59 Å². The maximum Gasteiger partial charge on any atom is 0.327 e. The molecule has 1 amide bonds. The van der Waals surface area contributed by atoms with E-state index in [0.717, 1.165) is 0 Å². The summed E-state index contributed by atoms with van der Waals surface area (Å²) in [5, 5.41) is 2.22. The number of anilines is 2. The van der Waals surface area contributed by atoms with Crippen molar-refractivity contribution < 1.29 is 4.79 Å². The number of aromatic amines is 2. The third-order valence-electron chi connectivity index (χ3n) is 1.39. The smallest absolute Gasteiger partial charge is 0.319 e. The van der Waals surface area contributed by atoms with Gasteiger partial charge in [0.1, 0.15) is 5.69 Å². The van der Waals surface area contributed by atoms with E-state index < -0.39 is 17.2 Å². The van der Waals surface area contributed by atoms with Gasteiger partial charge in [0.25, 0.3) is 5.56 Å². The van der Waals surface area contributed by atoms with E-state index in [-0.39, 0.29) is 11.5 Å². The number of carbonyl (C=O) groups excluding carboxylic acids is 1. The van der Waals surface area contributed by atoms with Gasteiger partial charge in [-0.15, -0.1) is 0 Å². The Hall–Kier alpha value is -2.09. The highest BCUT2D eigenvalue weighted by Crippen LogP contribution is 2.08. The molecule has 0 fully saturated rings. The quantitative estimate of drug-likeness (QED) is 0.286. The van der Waals surface area contributed by atoms with Crippen molar-refractivity contribution >= 4 is 17.4 Å². The molecule has 0 aliphatic heterocycles. The number of H-pyrrole nitrogens is 2. The number of amides is 1. The Morgan fingerprint density at radius 1 is 1.36 bits per heavy atom. The maximum atomic E-state index is 11.2. The summed E-state index contributed by atoms with van der Waals surface area (Å²) in [6, 6.07) is 0. The van der Waals surface area contributed by atoms with E-state index in [1.165, 1.54) is 6.92 Å². The first kappa shape index (κ1) is 9.99. The number of nitrogens with two attached hydrogens (primary N) is 1. The molecule has 8 heteroatoms. The van der Waals surface area contributed by atoms with E-state index in [9.17, 15) is 14.4 Å². The van der Waals surface area contributed by atoms with Gasteiger partial charge in [-0.2, -0.15) is 0 Å². The van der Waals surface area contributed by atoms with Gasteiger partial charge < -0.3 is 10.7 Å². The highest BCUT2D eigenvalue weighted by atomic mass is 16.2. The molecule has 1 rings (SSSR count). The summed E-state index contributed by atoms with van der Waals surface area (Å²) in [4.78, 5) is 36.8. The second-order valence-electron chi connectivity index (χ2n) is 2.48. The summed E-state index contributed by atoms with van der Waals surface area (Å²) in [5.74, 6) is 4.55. The molecule has 0 aromatic carbocycles. The molecule has 76 valence electrons. The Morgan fingerprint density at radius 2 is 2.00 bits per heavy atom. The van der Waals surface area contributed by atoms with Crippen LogP contribution >= 0.6 is 0 Å². The topological polar surface area (TPSA) is 133 Å². The van der Waals surface area contributed by atoms with E-state index in [2.05, 4.69) is 15.7 Å². The number of rotatable bonds is 2. The molecule has 0 atom stereocenters. The van der Waals surface area contributed by atoms with Crippen LogP contribution in [0.2, 0.25) is 0 Å². The average Bonchev–Trinajstić information content (AvgIpc) is 2.08. The SMILES string of the molecule is CC(=O)Nc1c(NN)[nH]c(=O)[nH]c1=O. The summed E-state index contributed by atoms with van der Waals surface area (Å²) in [7, 11) is 0. The molecule has 0 radical (unpaired) electrons. The molecule has 1 aromatic rings. The molecule has 0 unspecified atom stereocenters. The van der Waals surface area contributed by atoms with Crippen LogP contribution < -0.4 is 27.8 Å². The van der Waals surface area contributed by atoms with Gasteiger partial charge in [0, 0.05) is 6.92 Å². The highest BCUT2D eigenvalue weighted by Gasteiger charge is 2.08. The van der Waals surface area contributed by atoms with Crippen LogP contribution in [0.5, 0.6) is 0 Å². The third kappa shape index (κ3) is 1.98. The number of hydrazine groups is 1. The van der Waals surface area contributed by atoms with E-state index in [1.807, 2.05) is 4.98 Å². The molecule has 8 nitrogen and oxygen atoms in total. The lowest BCUT2D eigenvalue weighted by molar-refractivity contribution is -0.114. The van der Waals surface area contributed by atoms with E-state index in [1.54, 1.807) is 0 Å². The minimum atomic E-state index is -0.725. The normalized spacial score (nSPS) is 9.57. The summed E-state index contributed by atoms with van der Waals surface area (Å²) >= 11 is 0. The van der Waals surface area contributed by atoms with Crippen molar-refractivity contribution in [3.63, 3.8) is 0 Å². The van der Waals surface area contributed by atoms with Crippen LogP contribution in [0, 0.1) is 0 Å². The van der Waals surface area contributed by atoms with Crippen molar-refractivity contribution in [3.05, 3.63) is 20.8 Å². The van der Waals surface area contributed by atoms with Crippen molar-refractivity contribution in [2.45, 2.75) is 6.92 Å². The predicted octanol–water partition coefficient (Wildman–Crippen LogP) is -1.69. The van der Waals surface area contributed by atoms with Gasteiger partial charge in [-0.3, -0.25) is 19.6 Å². The second kappa shape index (κ2) is 3.75. The van der Waals surface area contributed by atoms with Crippen molar-refractivity contribution in [1.82, 2.24) is 9.97 Å². The second-order valence-corrected chi connectivity index (χ2v) is 2.48. The molecular weight excluding hydrogens is 190 g/mol. The van der Waals surface area contributed by atoms with Gasteiger partial charge in [-0.05, 0) is 0 Å². The van der Waals surface area contributed by atoms with Crippen LogP contribution in [0.25, 0.3) is 0 Å². The van der Waals surface area contributed by atoms with Crippen LogP contribution in [0.4, 0.5) is 11.5 Å². The lowest BCUT2D eigenvalue weighted by Crippen LogP contribution is -2.29. The number of nitrogen functional groups attached to an aromatic ring is 1. The zero-order chi connectivity index (χ0) is 10.7. The Bertz CT molecular complexity index is 459. The summed E-state index contributed by atoms with van der Waals surface area (Å²) in [6.45, 7) is 1.23. The van der Waals surface area contributed by atoms with Gasteiger partial charge in [0.2, 0.25) is 5.91 Å². The summed E-state index contributed by atoms with van der Waals surface area (Å²) in [5.41, 5.74) is 0.531. The maximum absolute atomic E-state index is 11.2. The molecule has 1 heterocycles.